The Morgan fingerprint density at radius 1 is 1.18 bits per heavy atom. The van der Waals surface area contributed by atoms with E-state index in [4.69, 9.17) is 0 Å². The first-order chi connectivity index (χ1) is 10.5. The fraction of sp³-hybridized carbons (Fsp3) is 0.625. The molecule has 1 aliphatic carbocycles. The summed E-state index contributed by atoms with van der Waals surface area (Å²) in [5.74, 6) is 0.688. The first-order valence-electron chi connectivity index (χ1n) is 7.86. The highest BCUT2D eigenvalue weighted by molar-refractivity contribution is 7.88. The lowest BCUT2D eigenvalue weighted by molar-refractivity contribution is 0.114. The number of nitrogens with one attached hydrogen (secondary N) is 1. The number of aliphatic hydroxyl groups is 1. The SMILES string of the molecule is CS(=O)(=O)N(CC1CC1)C[C@@H]1N[C@H](CO)[C@@H]1c1ccccc1. The number of sulfonamides is 1. The number of rotatable bonds is 7. The minimum atomic E-state index is -3.19. The Morgan fingerprint density at radius 2 is 1.86 bits per heavy atom. The van der Waals surface area contributed by atoms with Gasteiger partial charge in [-0.1, -0.05) is 30.3 Å². The maximum atomic E-state index is 12.0. The summed E-state index contributed by atoms with van der Waals surface area (Å²) in [6.45, 7) is 1.17. The molecular formula is C16H24N2O3S. The van der Waals surface area contributed by atoms with Crippen molar-refractivity contribution in [2.45, 2.75) is 30.8 Å². The zero-order valence-corrected chi connectivity index (χ0v) is 13.7. The van der Waals surface area contributed by atoms with Crippen molar-refractivity contribution in [2.75, 3.05) is 26.0 Å². The molecular weight excluding hydrogens is 300 g/mol. The van der Waals surface area contributed by atoms with Crippen LogP contribution in [0.3, 0.4) is 0 Å². The summed E-state index contributed by atoms with van der Waals surface area (Å²) in [7, 11) is -3.19. The van der Waals surface area contributed by atoms with Crippen molar-refractivity contribution in [1.82, 2.24) is 9.62 Å². The molecule has 0 aromatic heterocycles. The smallest absolute Gasteiger partial charge is 0.211 e. The zero-order valence-electron chi connectivity index (χ0n) is 12.9. The second-order valence-electron chi connectivity index (χ2n) is 6.52. The van der Waals surface area contributed by atoms with Crippen LogP contribution in [-0.2, 0) is 10.0 Å². The van der Waals surface area contributed by atoms with E-state index in [9.17, 15) is 13.5 Å². The topological polar surface area (TPSA) is 69.6 Å². The lowest BCUT2D eigenvalue weighted by Gasteiger charge is -2.47. The molecule has 1 saturated carbocycles. The average Bonchev–Trinajstić information content (AvgIpc) is 3.25. The molecule has 0 unspecified atom stereocenters. The summed E-state index contributed by atoms with van der Waals surface area (Å²) in [4.78, 5) is 0. The van der Waals surface area contributed by atoms with Gasteiger partial charge in [0.2, 0.25) is 10.0 Å². The van der Waals surface area contributed by atoms with E-state index >= 15 is 0 Å². The fourth-order valence-corrected chi connectivity index (χ4v) is 4.18. The monoisotopic (exact) mass is 324 g/mol. The first kappa shape index (κ1) is 15.9. The third-order valence-corrected chi connectivity index (χ3v) is 5.94. The molecule has 22 heavy (non-hydrogen) atoms. The molecule has 6 heteroatoms. The van der Waals surface area contributed by atoms with E-state index in [0.717, 1.165) is 18.4 Å². The molecule has 122 valence electrons. The normalized spacial score (nSPS) is 28.6. The third kappa shape index (κ3) is 3.51. The van der Waals surface area contributed by atoms with E-state index in [1.54, 1.807) is 4.31 Å². The molecule has 1 aliphatic heterocycles. The van der Waals surface area contributed by atoms with Crippen molar-refractivity contribution in [3.05, 3.63) is 35.9 Å². The molecule has 3 atom stereocenters. The van der Waals surface area contributed by atoms with Crippen molar-refractivity contribution >= 4 is 10.0 Å². The Morgan fingerprint density at radius 3 is 2.41 bits per heavy atom. The predicted molar refractivity (Wildman–Crippen MR) is 86.1 cm³/mol. The molecule has 1 aromatic carbocycles. The molecule has 2 fully saturated rings. The third-order valence-electron chi connectivity index (χ3n) is 4.70. The zero-order chi connectivity index (χ0) is 15.7. The van der Waals surface area contributed by atoms with Gasteiger partial charge in [0.1, 0.15) is 0 Å². The number of hydrogen-bond acceptors (Lipinski definition) is 4. The Balaban J connectivity index is 1.72. The lowest BCUT2D eigenvalue weighted by Crippen LogP contribution is -2.65. The molecule has 2 N–H and O–H groups in total. The van der Waals surface area contributed by atoms with Crippen molar-refractivity contribution in [3.63, 3.8) is 0 Å². The van der Waals surface area contributed by atoms with Gasteiger partial charge in [-0.3, -0.25) is 0 Å². The van der Waals surface area contributed by atoms with Gasteiger partial charge in [0.15, 0.2) is 0 Å². The number of hydrogen-bond donors (Lipinski definition) is 2. The van der Waals surface area contributed by atoms with Crippen LogP contribution in [0.15, 0.2) is 30.3 Å². The van der Waals surface area contributed by atoms with E-state index in [2.05, 4.69) is 5.32 Å². The molecule has 1 saturated heterocycles. The number of nitrogens with zero attached hydrogens (tertiary/aromatic N) is 1. The van der Waals surface area contributed by atoms with Gasteiger partial charge in [0.05, 0.1) is 12.9 Å². The summed E-state index contributed by atoms with van der Waals surface area (Å²) in [5.41, 5.74) is 1.16. The highest BCUT2D eigenvalue weighted by Gasteiger charge is 2.43. The molecule has 1 heterocycles. The highest BCUT2D eigenvalue weighted by Crippen LogP contribution is 2.35. The van der Waals surface area contributed by atoms with Crippen LogP contribution in [0.1, 0.15) is 24.3 Å². The van der Waals surface area contributed by atoms with E-state index < -0.39 is 10.0 Å². The minimum Gasteiger partial charge on any atom is -0.395 e. The maximum absolute atomic E-state index is 12.0. The van der Waals surface area contributed by atoms with Gasteiger partial charge in [-0.15, -0.1) is 0 Å². The lowest BCUT2D eigenvalue weighted by atomic mass is 9.77. The highest BCUT2D eigenvalue weighted by atomic mass is 32.2. The van der Waals surface area contributed by atoms with Crippen LogP contribution in [0.25, 0.3) is 0 Å². The summed E-state index contributed by atoms with van der Waals surface area (Å²) in [5, 5.41) is 12.8. The van der Waals surface area contributed by atoms with Gasteiger partial charge >= 0.3 is 0 Å². The summed E-state index contributed by atoms with van der Waals surface area (Å²) in [6.07, 6.45) is 3.55. The van der Waals surface area contributed by atoms with Crippen LogP contribution < -0.4 is 5.32 Å². The molecule has 1 aromatic rings. The quantitative estimate of drug-likeness (QED) is 0.777. The van der Waals surface area contributed by atoms with Gasteiger partial charge in [-0.25, -0.2) is 12.7 Å². The summed E-state index contributed by atoms with van der Waals surface area (Å²) < 4.78 is 25.6. The van der Waals surface area contributed by atoms with Crippen LogP contribution >= 0.6 is 0 Å². The van der Waals surface area contributed by atoms with Gasteiger partial charge in [-0.05, 0) is 24.3 Å². The summed E-state index contributed by atoms with van der Waals surface area (Å²) >= 11 is 0. The van der Waals surface area contributed by atoms with Crippen molar-refractivity contribution in [3.8, 4) is 0 Å². The number of aliphatic hydroxyl groups excluding tert-OH is 1. The molecule has 0 spiro atoms. The molecule has 0 bridgehead atoms. The first-order valence-corrected chi connectivity index (χ1v) is 9.71. The van der Waals surface area contributed by atoms with E-state index in [1.165, 1.54) is 6.26 Å². The molecule has 3 rings (SSSR count). The van der Waals surface area contributed by atoms with Gasteiger partial charge in [0, 0.05) is 31.1 Å². The van der Waals surface area contributed by atoms with E-state index in [0.29, 0.717) is 19.0 Å². The van der Waals surface area contributed by atoms with Gasteiger partial charge in [0.25, 0.3) is 0 Å². The Hall–Kier alpha value is -0.950. The van der Waals surface area contributed by atoms with Gasteiger partial charge in [-0.2, -0.15) is 0 Å². The minimum absolute atomic E-state index is 0.00901. The van der Waals surface area contributed by atoms with Crippen LogP contribution in [-0.4, -0.2) is 55.9 Å². The van der Waals surface area contributed by atoms with Crippen molar-refractivity contribution in [1.29, 1.82) is 0 Å². The molecule has 5 nitrogen and oxygen atoms in total. The number of benzene rings is 1. The van der Waals surface area contributed by atoms with Gasteiger partial charge < -0.3 is 10.4 Å². The van der Waals surface area contributed by atoms with E-state index in [1.807, 2.05) is 30.3 Å². The molecule has 0 amide bonds. The van der Waals surface area contributed by atoms with Crippen LogP contribution in [0.2, 0.25) is 0 Å². The van der Waals surface area contributed by atoms with E-state index in [-0.39, 0.29) is 24.6 Å². The van der Waals surface area contributed by atoms with Crippen LogP contribution in [0.4, 0.5) is 0 Å². The Labute approximate surface area is 132 Å². The predicted octanol–water partition coefficient (Wildman–Crippen LogP) is 0.775. The maximum Gasteiger partial charge on any atom is 0.211 e. The van der Waals surface area contributed by atoms with Crippen molar-refractivity contribution < 1.29 is 13.5 Å². The summed E-state index contributed by atoms with van der Waals surface area (Å²) in [6, 6.07) is 10.1. The largest absolute Gasteiger partial charge is 0.395 e. The van der Waals surface area contributed by atoms with Crippen LogP contribution in [0, 0.1) is 5.92 Å². The fourth-order valence-electron chi connectivity index (χ4n) is 3.27. The Kier molecular flexibility index (Phi) is 4.54. The standard InChI is InChI=1S/C16H24N2O3S/c1-22(20,21)18(9-12-7-8-12)10-14-16(15(11-19)17-14)13-5-3-2-4-6-13/h2-6,12,14-17,19H,7-11H2,1H3/t14-,15+,16+/m0/s1. The second kappa shape index (κ2) is 6.28. The van der Waals surface area contributed by atoms with Crippen LogP contribution in [0.5, 0.6) is 0 Å². The molecule has 2 aliphatic rings. The molecule has 0 radical (unpaired) electrons. The Bertz CT molecular complexity index is 601. The average molecular weight is 324 g/mol. The second-order valence-corrected chi connectivity index (χ2v) is 8.50. The van der Waals surface area contributed by atoms with Crippen molar-refractivity contribution in [2.24, 2.45) is 5.92 Å².